The third-order valence-corrected chi connectivity index (χ3v) is 3.05. The van der Waals surface area contributed by atoms with Crippen molar-refractivity contribution in [3.05, 3.63) is 0 Å². The third-order valence-electron chi connectivity index (χ3n) is 3.05. The number of nitrogens with zero attached hydrogens (tertiary/aromatic N) is 3. The minimum atomic E-state index is 0.0675. The van der Waals surface area contributed by atoms with Crippen molar-refractivity contribution in [3.8, 4) is 0 Å². The van der Waals surface area contributed by atoms with E-state index in [0.29, 0.717) is 19.5 Å². The van der Waals surface area contributed by atoms with Crippen LogP contribution in [0.2, 0.25) is 0 Å². The first-order valence-electron chi connectivity index (χ1n) is 6.19. The minimum absolute atomic E-state index is 0.0675. The summed E-state index contributed by atoms with van der Waals surface area (Å²) in [6, 6.07) is 0.0675. The van der Waals surface area contributed by atoms with Crippen molar-refractivity contribution in [2.75, 3.05) is 26.2 Å². The Morgan fingerprint density at radius 3 is 2.59 bits per heavy atom. The van der Waals surface area contributed by atoms with E-state index in [4.69, 9.17) is 10.9 Å². The molecular weight excluding hydrogens is 220 g/mol. The molecule has 1 aliphatic heterocycles. The Balaban J connectivity index is 2.45. The number of hydrogen-bond donors (Lipinski definition) is 2. The highest BCUT2D eigenvalue weighted by Gasteiger charge is 2.21. The number of amides is 2. The van der Waals surface area contributed by atoms with Gasteiger partial charge in [0.15, 0.2) is 0 Å². The highest BCUT2D eigenvalue weighted by atomic mass is 16.4. The Labute approximate surface area is 102 Å². The molecule has 0 aromatic rings. The van der Waals surface area contributed by atoms with E-state index in [1.807, 2.05) is 11.8 Å². The highest BCUT2D eigenvalue weighted by Crippen LogP contribution is 2.11. The maximum atomic E-state index is 12.1. The molecule has 0 bridgehead atoms. The van der Waals surface area contributed by atoms with Gasteiger partial charge in [-0.05, 0) is 26.2 Å². The zero-order valence-electron chi connectivity index (χ0n) is 10.4. The number of oxime groups is 1. The van der Waals surface area contributed by atoms with Crippen LogP contribution in [0, 0.1) is 0 Å². The van der Waals surface area contributed by atoms with Gasteiger partial charge < -0.3 is 20.7 Å². The topological polar surface area (TPSA) is 82.2 Å². The summed E-state index contributed by atoms with van der Waals surface area (Å²) in [7, 11) is 0. The maximum absolute atomic E-state index is 12.1. The van der Waals surface area contributed by atoms with Gasteiger partial charge in [0.25, 0.3) is 0 Å². The molecular formula is C11H22N4O2. The average molecular weight is 242 g/mol. The first-order valence-corrected chi connectivity index (χ1v) is 6.19. The van der Waals surface area contributed by atoms with Crippen LogP contribution in [0.1, 0.15) is 32.6 Å². The molecule has 6 heteroatoms. The molecule has 0 saturated carbocycles. The van der Waals surface area contributed by atoms with E-state index in [1.54, 1.807) is 4.90 Å². The summed E-state index contributed by atoms with van der Waals surface area (Å²) in [5.41, 5.74) is 5.40. The predicted octanol–water partition coefficient (Wildman–Crippen LogP) is 1.05. The fourth-order valence-electron chi connectivity index (χ4n) is 1.97. The summed E-state index contributed by atoms with van der Waals surface area (Å²) < 4.78 is 0. The second-order valence-corrected chi connectivity index (χ2v) is 4.25. The van der Waals surface area contributed by atoms with Crippen molar-refractivity contribution in [1.82, 2.24) is 9.80 Å². The predicted molar refractivity (Wildman–Crippen MR) is 66.1 cm³/mol. The molecule has 1 heterocycles. The van der Waals surface area contributed by atoms with Gasteiger partial charge in [-0.1, -0.05) is 5.16 Å². The summed E-state index contributed by atoms with van der Waals surface area (Å²) in [6.45, 7) is 4.78. The molecule has 1 saturated heterocycles. The first kappa shape index (κ1) is 13.6. The van der Waals surface area contributed by atoms with Crippen LogP contribution >= 0.6 is 0 Å². The van der Waals surface area contributed by atoms with Crippen LogP contribution < -0.4 is 5.73 Å². The lowest BCUT2D eigenvalue weighted by atomic mass is 10.1. The Hall–Kier alpha value is -1.46. The maximum Gasteiger partial charge on any atom is 0.320 e. The zero-order chi connectivity index (χ0) is 12.7. The molecule has 1 aliphatic rings. The molecule has 0 spiro atoms. The van der Waals surface area contributed by atoms with Crippen LogP contribution in [0.5, 0.6) is 0 Å². The molecule has 6 nitrogen and oxygen atoms in total. The Kier molecular flexibility index (Phi) is 5.59. The zero-order valence-corrected chi connectivity index (χ0v) is 10.4. The normalized spacial score (nSPS) is 17.0. The molecule has 0 aromatic carbocycles. The van der Waals surface area contributed by atoms with E-state index in [9.17, 15) is 4.79 Å². The van der Waals surface area contributed by atoms with E-state index in [2.05, 4.69) is 5.16 Å². The van der Waals surface area contributed by atoms with Gasteiger partial charge in [0.1, 0.15) is 5.84 Å². The summed E-state index contributed by atoms with van der Waals surface area (Å²) in [6.07, 6.45) is 3.79. The van der Waals surface area contributed by atoms with Gasteiger partial charge >= 0.3 is 6.03 Å². The van der Waals surface area contributed by atoms with Gasteiger partial charge in [0, 0.05) is 32.6 Å². The molecule has 0 aliphatic carbocycles. The van der Waals surface area contributed by atoms with Crippen molar-refractivity contribution in [1.29, 1.82) is 0 Å². The number of amidine groups is 1. The van der Waals surface area contributed by atoms with Gasteiger partial charge in [0.05, 0.1) is 0 Å². The molecule has 0 aromatic heterocycles. The summed E-state index contributed by atoms with van der Waals surface area (Å²) >= 11 is 0. The van der Waals surface area contributed by atoms with E-state index >= 15 is 0 Å². The number of rotatable bonds is 4. The fourth-order valence-corrected chi connectivity index (χ4v) is 1.97. The Bertz CT molecular complexity index is 275. The lowest BCUT2D eigenvalue weighted by Gasteiger charge is -2.32. The molecule has 3 N–H and O–H groups in total. The molecule has 2 amide bonds. The van der Waals surface area contributed by atoms with Crippen LogP contribution in [0.25, 0.3) is 0 Å². The number of piperidine rings is 1. The Morgan fingerprint density at radius 2 is 2.06 bits per heavy atom. The van der Waals surface area contributed by atoms with Gasteiger partial charge in [0.2, 0.25) is 0 Å². The first-order chi connectivity index (χ1) is 8.19. The molecule has 0 radical (unpaired) electrons. The van der Waals surface area contributed by atoms with E-state index in [1.165, 1.54) is 6.42 Å². The molecule has 1 fully saturated rings. The smallest absolute Gasteiger partial charge is 0.320 e. The summed E-state index contributed by atoms with van der Waals surface area (Å²) in [5.74, 6) is 0.162. The second kappa shape index (κ2) is 6.98. The number of carbonyl (C=O) groups excluding carboxylic acids is 1. The molecule has 1 rings (SSSR count). The van der Waals surface area contributed by atoms with Crippen LogP contribution in [0.4, 0.5) is 4.79 Å². The molecule has 17 heavy (non-hydrogen) atoms. The van der Waals surface area contributed by atoms with Crippen LogP contribution in [-0.4, -0.2) is 53.1 Å². The van der Waals surface area contributed by atoms with Crippen molar-refractivity contribution in [2.45, 2.75) is 32.6 Å². The molecule has 98 valence electrons. The molecule has 0 unspecified atom stereocenters. The standard InChI is InChI=1S/C11H22N4O2/c1-2-14(9-6-10(12)13-17)11(16)15-7-4-3-5-8-15/h17H,2-9H2,1H3,(H2,12,13). The lowest BCUT2D eigenvalue weighted by Crippen LogP contribution is -2.46. The second-order valence-electron chi connectivity index (χ2n) is 4.25. The van der Waals surface area contributed by atoms with Crippen molar-refractivity contribution in [2.24, 2.45) is 10.9 Å². The average Bonchev–Trinajstić information content (AvgIpc) is 2.39. The van der Waals surface area contributed by atoms with Crippen molar-refractivity contribution in [3.63, 3.8) is 0 Å². The largest absolute Gasteiger partial charge is 0.409 e. The fraction of sp³-hybridized carbons (Fsp3) is 0.818. The van der Waals surface area contributed by atoms with Crippen molar-refractivity contribution >= 4 is 11.9 Å². The van der Waals surface area contributed by atoms with Crippen LogP contribution in [0.15, 0.2) is 5.16 Å². The summed E-state index contributed by atoms with van der Waals surface area (Å²) in [5, 5.41) is 11.4. The number of hydrogen-bond acceptors (Lipinski definition) is 3. The van der Waals surface area contributed by atoms with Crippen LogP contribution in [0.3, 0.4) is 0 Å². The summed E-state index contributed by atoms with van der Waals surface area (Å²) in [4.78, 5) is 15.8. The monoisotopic (exact) mass is 242 g/mol. The quantitative estimate of drug-likeness (QED) is 0.334. The number of carbonyl (C=O) groups is 1. The SMILES string of the molecule is CCN(CCC(N)=NO)C(=O)N1CCCCC1. The van der Waals surface area contributed by atoms with E-state index < -0.39 is 0 Å². The van der Waals surface area contributed by atoms with Crippen molar-refractivity contribution < 1.29 is 10.0 Å². The third kappa shape index (κ3) is 4.13. The van der Waals surface area contributed by atoms with Gasteiger partial charge in [-0.15, -0.1) is 0 Å². The minimum Gasteiger partial charge on any atom is -0.409 e. The Morgan fingerprint density at radius 1 is 1.41 bits per heavy atom. The number of likely N-dealkylation sites (tertiary alicyclic amines) is 1. The van der Waals surface area contributed by atoms with Gasteiger partial charge in [-0.2, -0.15) is 0 Å². The van der Waals surface area contributed by atoms with E-state index in [-0.39, 0.29) is 11.9 Å². The van der Waals surface area contributed by atoms with Crippen LogP contribution in [-0.2, 0) is 0 Å². The molecule has 0 atom stereocenters. The van der Waals surface area contributed by atoms with Gasteiger partial charge in [-0.25, -0.2) is 4.79 Å². The van der Waals surface area contributed by atoms with Gasteiger partial charge in [-0.3, -0.25) is 0 Å². The van der Waals surface area contributed by atoms with E-state index in [0.717, 1.165) is 25.9 Å². The highest BCUT2D eigenvalue weighted by molar-refractivity contribution is 5.81. The number of urea groups is 1. The lowest BCUT2D eigenvalue weighted by molar-refractivity contribution is 0.146. The number of nitrogens with two attached hydrogens (primary N) is 1.